The first-order chi connectivity index (χ1) is 7.66. The normalized spacial score (nSPS) is 42.2. The van der Waals surface area contributed by atoms with Crippen LogP contribution in [0.15, 0.2) is 0 Å². The molecule has 2 rings (SSSR count). The van der Waals surface area contributed by atoms with Gasteiger partial charge in [0.25, 0.3) is 0 Å². The lowest BCUT2D eigenvalue weighted by Gasteiger charge is -2.49. The van der Waals surface area contributed by atoms with E-state index in [2.05, 4.69) is 42.3 Å². The third-order valence-corrected chi connectivity index (χ3v) is 6.32. The zero-order valence-electron chi connectivity index (χ0n) is 10.4. The third-order valence-electron chi connectivity index (χ3n) is 3.77. The molecule has 0 saturated carbocycles. The largest absolute Gasteiger partial charge is 0.329 e. The van der Waals surface area contributed by atoms with Crippen molar-refractivity contribution in [2.75, 3.05) is 31.1 Å². The summed E-state index contributed by atoms with van der Waals surface area (Å²) in [5.41, 5.74) is 6.41. The van der Waals surface area contributed by atoms with Gasteiger partial charge in [-0.1, -0.05) is 13.8 Å². The van der Waals surface area contributed by atoms with Crippen molar-refractivity contribution in [2.24, 2.45) is 5.73 Å². The van der Waals surface area contributed by atoms with E-state index in [1.807, 2.05) is 0 Å². The summed E-state index contributed by atoms with van der Waals surface area (Å²) in [7, 11) is 0. The van der Waals surface area contributed by atoms with E-state index in [-0.39, 0.29) is 0 Å². The first kappa shape index (κ1) is 13.1. The molecule has 2 aliphatic heterocycles. The molecule has 0 aromatic heterocycles. The number of nitrogens with zero attached hydrogens (tertiary/aromatic N) is 1. The fourth-order valence-electron chi connectivity index (χ4n) is 2.94. The molecule has 0 aromatic rings. The quantitative estimate of drug-likeness (QED) is 0.823. The monoisotopic (exact) mass is 260 g/mol. The standard InChI is InChI=1S/C12H24N2S2/c1-10-6-14(7-11(2)16-10)12(8-13)4-3-5-15-9-12/h10-11H,3-9,13H2,1-2H3. The van der Waals surface area contributed by atoms with Crippen LogP contribution in [0.25, 0.3) is 0 Å². The van der Waals surface area contributed by atoms with Gasteiger partial charge in [-0.25, -0.2) is 0 Å². The third kappa shape index (κ3) is 2.71. The van der Waals surface area contributed by atoms with Gasteiger partial charge in [-0.15, -0.1) is 0 Å². The lowest BCUT2D eigenvalue weighted by molar-refractivity contribution is 0.101. The van der Waals surface area contributed by atoms with Gasteiger partial charge in [0.2, 0.25) is 0 Å². The first-order valence-corrected chi connectivity index (χ1v) is 8.44. The van der Waals surface area contributed by atoms with Crippen LogP contribution in [0.5, 0.6) is 0 Å². The van der Waals surface area contributed by atoms with Crippen molar-refractivity contribution < 1.29 is 0 Å². The number of hydrogen-bond acceptors (Lipinski definition) is 4. The Morgan fingerprint density at radius 3 is 2.50 bits per heavy atom. The number of hydrogen-bond donors (Lipinski definition) is 1. The van der Waals surface area contributed by atoms with Gasteiger partial charge in [0.1, 0.15) is 0 Å². The first-order valence-electron chi connectivity index (χ1n) is 6.34. The molecule has 3 unspecified atom stereocenters. The molecule has 2 aliphatic rings. The number of thioether (sulfide) groups is 2. The molecule has 2 nitrogen and oxygen atoms in total. The molecule has 2 saturated heterocycles. The van der Waals surface area contributed by atoms with Gasteiger partial charge in [-0.3, -0.25) is 4.90 Å². The average molecular weight is 260 g/mol. The highest BCUT2D eigenvalue weighted by Gasteiger charge is 2.40. The van der Waals surface area contributed by atoms with E-state index >= 15 is 0 Å². The van der Waals surface area contributed by atoms with Crippen molar-refractivity contribution in [1.29, 1.82) is 0 Å². The molecule has 94 valence electrons. The summed E-state index contributed by atoms with van der Waals surface area (Å²) in [5, 5.41) is 1.53. The van der Waals surface area contributed by atoms with Crippen molar-refractivity contribution in [2.45, 2.75) is 42.7 Å². The molecule has 0 spiro atoms. The van der Waals surface area contributed by atoms with Crippen LogP contribution in [-0.2, 0) is 0 Å². The maximum Gasteiger partial charge on any atom is 0.0423 e. The zero-order chi connectivity index (χ0) is 11.6. The minimum Gasteiger partial charge on any atom is -0.329 e. The van der Waals surface area contributed by atoms with Crippen LogP contribution in [0.3, 0.4) is 0 Å². The molecule has 0 amide bonds. The lowest BCUT2D eigenvalue weighted by atomic mass is 9.92. The van der Waals surface area contributed by atoms with E-state index in [0.29, 0.717) is 5.54 Å². The highest BCUT2D eigenvalue weighted by Crippen LogP contribution is 2.36. The molecule has 2 N–H and O–H groups in total. The Morgan fingerprint density at radius 1 is 1.31 bits per heavy atom. The summed E-state index contributed by atoms with van der Waals surface area (Å²) in [5.74, 6) is 2.57. The van der Waals surface area contributed by atoms with Gasteiger partial charge in [-0.05, 0) is 18.6 Å². The Balaban J connectivity index is 2.07. The number of rotatable bonds is 2. The van der Waals surface area contributed by atoms with Gasteiger partial charge in [0, 0.05) is 41.4 Å². The molecule has 2 fully saturated rings. The van der Waals surface area contributed by atoms with E-state index in [4.69, 9.17) is 5.73 Å². The van der Waals surface area contributed by atoms with Crippen LogP contribution in [0, 0.1) is 0 Å². The molecule has 0 aliphatic carbocycles. The summed E-state index contributed by atoms with van der Waals surface area (Å²) in [6.45, 7) is 8.00. The lowest BCUT2D eigenvalue weighted by Crippen LogP contribution is -2.61. The Labute approximate surface area is 108 Å². The maximum absolute atomic E-state index is 6.10. The summed E-state index contributed by atoms with van der Waals surface area (Å²) < 4.78 is 0. The molecule has 0 aromatic carbocycles. The van der Waals surface area contributed by atoms with Crippen molar-refractivity contribution in [3.05, 3.63) is 0 Å². The van der Waals surface area contributed by atoms with E-state index in [0.717, 1.165) is 17.0 Å². The van der Waals surface area contributed by atoms with Crippen molar-refractivity contribution in [1.82, 2.24) is 4.90 Å². The summed E-state index contributed by atoms with van der Waals surface area (Å²) in [6, 6.07) is 0. The van der Waals surface area contributed by atoms with Crippen molar-refractivity contribution >= 4 is 23.5 Å². The second-order valence-corrected chi connectivity index (χ2v) is 8.23. The topological polar surface area (TPSA) is 29.3 Å². The molecule has 4 heteroatoms. The summed E-state index contributed by atoms with van der Waals surface area (Å²) in [6.07, 6.45) is 2.65. The van der Waals surface area contributed by atoms with E-state index < -0.39 is 0 Å². The maximum atomic E-state index is 6.10. The Hall–Kier alpha value is 0.620. The molecule has 2 heterocycles. The van der Waals surface area contributed by atoms with Gasteiger partial charge < -0.3 is 5.73 Å². The van der Waals surface area contributed by atoms with E-state index in [9.17, 15) is 0 Å². The predicted molar refractivity (Wildman–Crippen MR) is 76.4 cm³/mol. The summed E-state index contributed by atoms with van der Waals surface area (Å²) in [4.78, 5) is 2.70. The fraction of sp³-hybridized carbons (Fsp3) is 1.00. The highest BCUT2D eigenvalue weighted by molar-refractivity contribution is 8.00. The highest BCUT2D eigenvalue weighted by atomic mass is 32.2. The predicted octanol–water partition coefficient (Wildman–Crippen LogP) is 2.04. The van der Waals surface area contributed by atoms with Gasteiger partial charge in [-0.2, -0.15) is 23.5 Å². The molecule has 0 radical (unpaired) electrons. The van der Waals surface area contributed by atoms with Crippen molar-refractivity contribution in [3.8, 4) is 0 Å². The Morgan fingerprint density at radius 2 is 2.00 bits per heavy atom. The second kappa shape index (κ2) is 5.51. The molecular weight excluding hydrogens is 236 g/mol. The van der Waals surface area contributed by atoms with Crippen LogP contribution in [0.1, 0.15) is 26.7 Å². The smallest absolute Gasteiger partial charge is 0.0423 e. The van der Waals surface area contributed by atoms with Gasteiger partial charge in [0.15, 0.2) is 0 Å². The molecule has 16 heavy (non-hydrogen) atoms. The minimum absolute atomic E-state index is 0.312. The van der Waals surface area contributed by atoms with Crippen LogP contribution in [0.4, 0.5) is 0 Å². The van der Waals surface area contributed by atoms with Crippen LogP contribution in [-0.4, -0.2) is 52.1 Å². The second-order valence-electron chi connectivity index (χ2n) is 5.25. The Bertz CT molecular complexity index is 219. The van der Waals surface area contributed by atoms with Crippen LogP contribution >= 0.6 is 23.5 Å². The molecule has 3 atom stereocenters. The van der Waals surface area contributed by atoms with Gasteiger partial charge >= 0.3 is 0 Å². The van der Waals surface area contributed by atoms with E-state index in [1.54, 1.807) is 0 Å². The van der Waals surface area contributed by atoms with Gasteiger partial charge in [0.05, 0.1) is 0 Å². The molecule has 0 bridgehead atoms. The number of nitrogens with two attached hydrogens (primary N) is 1. The van der Waals surface area contributed by atoms with Crippen molar-refractivity contribution in [3.63, 3.8) is 0 Å². The Kier molecular flexibility index (Phi) is 4.50. The van der Waals surface area contributed by atoms with E-state index in [1.165, 1.54) is 37.4 Å². The fourth-order valence-corrected chi connectivity index (χ4v) is 5.58. The van der Waals surface area contributed by atoms with Crippen LogP contribution in [0.2, 0.25) is 0 Å². The zero-order valence-corrected chi connectivity index (χ0v) is 12.1. The summed E-state index contributed by atoms with van der Waals surface area (Å²) >= 11 is 4.22. The SMILES string of the molecule is CC1CN(C2(CN)CCCSC2)CC(C)S1. The minimum atomic E-state index is 0.312. The van der Waals surface area contributed by atoms with Crippen LogP contribution < -0.4 is 5.73 Å². The average Bonchev–Trinajstić information content (AvgIpc) is 2.28. The molecular formula is C12H24N2S2.